The van der Waals surface area contributed by atoms with Gasteiger partial charge in [0.1, 0.15) is 11.1 Å². The number of ether oxygens (including phenoxy) is 1. The number of thiazole rings is 1. The average Bonchev–Trinajstić information content (AvgIpc) is 3.43. The van der Waals surface area contributed by atoms with Crippen molar-refractivity contribution in [2.45, 2.75) is 51.1 Å². The molecule has 3 aromatic rings. The van der Waals surface area contributed by atoms with Gasteiger partial charge in [-0.1, -0.05) is 12.6 Å². The highest BCUT2D eigenvalue weighted by atomic mass is 32.1. The van der Waals surface area contributed by atoms with Crippen LogP contribution in [-0.4, -0.2) is 22.0 Å². The van der Waals surface area contributed by atoms with E-state index in [4.69, 9.17) is 4.74 Å². The number of rotatable bonds is 5. The van der Waals surface area contributed by atoms with Crippen molar-refractivity contribution in [1.82, 2.24) is 9.88 Å². The van der Waals surface area contributed by atoms with Gasteiger partial charge in [0.25, 0.3) is 0 Å². The highest BCUT2D eigenvalue weighted by Crippen LogP contribution is 2.42. The van der Waals surface area contributed by atoms with E-state index in [0.29, 0.717) is 28.4 Å². The number of benzene rings is 2. The Labute approximate surface area is 225 Å². The Morgan fingerprint density at radius 3 is 2.02 bits per heavy atom. The number of hydrogen-bond acceptors (Lipinski definition) is 4. The molecular formula is C26H19F9N2O2S. The summed E-state index contributed by atoms with van der Waals surface area (Å²) in [6.45, 7) is 6.30. The number of carbonyl (C=O) groups excluding carboxylic acids is 1. The number of amides is 1. The fraction of sp³-hybridized carbons (Fsp3) is 0.308. The van der Waals surface area contributed by atoms with Gasteiger partial charge >= 0.3 is 24.6 Å². The lowest BCUT2D eigenvalue weighted by atomic mass is 9.96. The first-order valence-corrected chi connectivity index (χ1v) is 12.3. The maximum absolute atomic E-state index is 13.5. The highest BCUT2D eigenvalue weighted by molar-refractivity contribution is 7.11. The van der Waals surface area contributed by atoms with Crippen LogP contribution in [0, 0.1) is 0 Å². The molecule has 0 N–H and O–H groups in total. The van der Waals surface area contributed by atoms with Crippen LogP contribution in [0.5, 0.6) is 0 Å². The largest absolute Gasteiger partial charge is 0.439 e. The predicted molar refractivity (Wildman–Crippen MR) is 128 cm³/mol. The van der Waals surface area contributed by atoms with Gasteiger partial charge in [0.05, 0.1) is 35.0 Å². The van der Waals surface area contributed by atoms with Gasteiger partial charge in [-0.15, -0.1) is 11.3 Å². The minimum absolute atomic E-state index is 0.00198. The lowest BCUT2D eigenvalue weighted by Gasteiger charge is -2.23. The molecule has 2 heterocycles. The first-order valence-electron chi connectivity index (χ1n) is 11.4. The Morgan fingerprint density at radius 1 is 0.950 bits per heavy atom. The van der Waals surface area contributed by atoms with Gasteiger partial charge < -0.3 is 4.74 Å². The Morgan fingerprint density at radius 2 is 1.52 bits per heavy atom. The fourth-order valence-corrected chi connectivity index (χ4v) is 4.99. The standard InChI is InChI=1S/C26H19F9N2O2S/c1-12(2)22-36-20(11-40-22)19-5-4-16(24(27,28)29)8-15(19)10-37-13(3)21(39-23(37)38)14-6-17(25(30,31)32)9-18(7-14)26(33,34)35/h4-9,11,13,21H,1,10H2,2-3H3/t13-,21?/m0/s1. The molecule has 214 valence electrons. The first-order chi connectivity index (χ1) is 18.4. The number of aromatic nitrogens is 1. The van der Waals surface area contributed by atoms with Crippen LogP contribution in [0.15, 0.2) is 48.4 Å². The fourth-order valence-electron chi connectivity index (χ4n) is 4.23. The molecule has 1 fully saturated rings. The van der Waals surface area contributed by atoms with Gasteiger partial charge in [-0.2, -0.15) is 39.5 Å². The zero-order valence-corrected chi connectivity index (χ0v) is 21.4. The van der Waals surface area contributed by atoms with E-state index in [1.807, 2.05) is 0 Å². The number of alkyl halides is 9. The van der Waals surface area contributed by atoms with E-state index in [9.17, 15) is 44.3 Å². The molecule has 4 nitrogen and oxygen atoms in total. The quantitative estimate of drug-likeness (QED) is 0.277. The third-order valence-corrected chi connectivity index (χ3v) is 7.25. The zero-order chi connectivity index (χ0) is 29.8. The molecule has 0 saturated carbocycles. The molecular weight excluding hydrogens is 575 g/mol. The second-order valence-electron chi connectivity index (χ2n) is 9.20. The smallest absolute Gasteiger partial charge is 0.416 e. The topological polar surface area (TPSA) is 42.4 Å². The number of cyclic esters (lactones) is 1. The number of nitrogens with zero attached hydrogens (tertiary/aromatic N) is 2. The summed E-state index contributed by atoms with van der Waals surface area (Å²) in [7, 11) is 0. The Balaban J connectivity index is 1.74. The molecule has 0 aliphatic carbocycles. The van der Waals surface area contributed by atoms with Crippen molar-refractivity contribution in [2.75, 3.05) is 0 Å². The SMILES string of the molecule is C=C(C)c1nc(-c2ccc(C(F)(F)F)cc2CN2C(=O)OC(c3cc(C(F)(F)F)cc(C(F)(F)F)c3)[C@@H]2C)cs1. The van der Waals surface area contributed by atoms with Crippen LogP contribution in [0.2, 0.25) is 0 Å². The van der Waals surface area contributed by atoms with Gasteiger partial charge in [0, 0.05) is 10.9 Å². The molecule has 1 saturated heterocycles. The molecule has 1 aliphatic rings. The number of halogens is 9. The van der Waals surface area contributed by atoms with E-state index in [0.717, 1.165) is 17.0 Å². The van der Waals surface area contributed by atoms with Crippen molar-refractivity contribution in [3.05, 3.63) is 81.2 Å². The van der Waals surface area contributed by atoms with Crippen LogP contribution in [0.4, 0.5) is 44.3 Å². The van der Waals surface area contributed by atoms with E-state index < -0.39 is 65.6 Å². The third kappa shape index (κ3) is 5.96. The maximum Gasteiger partial charge on any atom is 0.416 e. The van der Waals surface area contributed by atoms with Crippen LogP contribution < -0.4 is 0 Å². The summed E-state index contributed by atoms with van der Waals surface area (Å²) < 4.78 is 126. The Hall–Kier alpha value is -3.55. The molecule has 40 heavy (non-hydrogen) atoms. The van der Waals surface area contributed by atoms with Gasteiger partial charge in [-0.05, 0) is 60.9 Å². The number of carbonyl (C=O) groups is 1. The zero-order valence-electron chi connectivity index (χ0n) is 20.6. The number of allylic oxidation sites excluding steroid dienone is 1. The minimum Gasteiger partial charge on any atom is -0.439 e. The average molecular weight is 594 g/mol. The van der Waals surface area contributed by atoms with Crippen molar-refractivity contribution < 1.29 is 49.0 Å². The molecule has 0 bridgehead atoms. The molecule has 1 aliphatic heterocycles. The van der Waals surface area contributed by atoms with Crippen LogP contribution >= 0.6 is 11.3 Å². The van der Waals surface area contributed by atoms with Gasteiger partial charge in [0.15, 0.2) is 0 Å². The summed E-state index contributed by atoms with van der Waals surface area (Å²) in [5.41, 5.74) is -3.59. The van der Waals surface area contributed by atoms with Gasteiger partial charge in [-0.25, -0.2) is 9.78 Å². The van der Waals surface area contributed by atoms with Crippen LogP contribution in [0.1, 0.15) is 52.8 Å². The Kier molecular flexibility index (Phi) is 7.45. The minimum atomic E-state index is -5.12. The van der Waals surface area contributed by atoms with E-state index in [2.05, 4.69) is 11.6 Å². The molecule has 0 spiro atoms. The summed E-state index contributed by atoms with van der Waals surface area (Å²) in [5, 5.41) is 2.12. The molecule has 1 aromatic heterocycles. The van der Waals surface area contributed by atoms with Crippen LogP contribution in [0.25, 0.3) is 16.8 Å². The molecule has 14 heteroatoms. The van der Waals surface area contributed by atoms with Gasteiger partial charge in [0.2, 0.25) is 0 Å². The van der Waals surface area contributed by atoms with Crippen molar-refractivity contribution in [2.24, 2.45) is 0 Å². The normalized spacial score (nSPS) is 18.3. The lowest BCUT2D eigenvalue weighted by molar-refractivity contribution is -0.143. The monoisotopic (exact) mass is 594 g/mol. The lowest BCUT2D eigenvalue weighted by Crippen LogP contribution is -2.32. The maximum atomic E-state index is 13.5. The summed E-state index contributed by atoms with van der Waals surface area (Å²) in [6, 6.07) is 2.56. The van der Waals surface area contributed by atoms with E-state index in [1.54, 1.807) is 12.3 Å². The predicted octanol–water partition coefficient (Wildman–Crippen LogP) is 8.98. The van der Waals surface area contributed by atoms with Crippen molar-refractivity contribution in [1.29, 1.82) is 0 Å². The second-order valence-corrected chi connectivity index (χ2v) is 10.1. The van der Waals surface area contributed by atoms with E-state index in [1.165, 1.54) is 24.3 Å². The molecule has 0 radical (unpaired) electrons. The van der Waals surface area contributed by atoms with Crippen LogP contribution in [0.3, 0.4) is 0 Å². The van der Waals surface area contributed by atoms with Crippen molar-refractivity contribution in [3.8, 4) is 11.3 Å². The molecule has 1 unspecified atom stereocenters. The third-order valence-electron chi connectivity index (χ3n) is 6.25. The first kappa shape index (κ1) is 29.4. The summed E-state index contributed by atoms with van der Waals surface area (Å²) >= 11 is 1.20. The summed E-state index contributed by atoms with van der Waals surface area (Å²) in [4.78, 5) is 18.1. The van der Waals surface area contributed by atoms with E-state index >= 15 is 0 Å². The van der Waals surface area contributed by atoms with Crippen molar-refractivity contribution in [3.63, 3.8) is 0 Å². The van der Waals surface area contributed by atoms with Crippen LogP contribution in [-0.2, 0) is 29.8 Å². The molecule has 1 amide bonds. The molecule has 2 atom stereocenters. The van der Waals surface area contributed by atoms with Crippen molar-refractivity contribution >= 4 is 23.0 Å². The molecule has 4 rings (SSSR count). The second kappa shape index (κ2) is 10.1. The summed E-state index contributed by atoms with van der Waals surface area (Å²) in [5.74, 6) is 0. The summed E-state index contributed by atoms with van der Waals surface area (Å²) in [6.07, 6.45) is -17.6. The number of hydrogen-bond donors (Lipinski definition) is 0. The Bertz CT molecular complexity index is 1430. The highest BCUT2D eigenvalue weighted by Gasteiger charge is 2.43. The van der Waals surface area contributed by atoms with Gasteiger partial charge in [-0.3, -0.25) is 4.90 Å². The molecule has 2 aromatic carbocycles. The van der Waals surface area contributed by atoms with E-state index in [-0.39, 0.29) is 17.2 Å².